The maximum Gasteiger partial charge on any atom is 0.306 e. The van der Waals surface area contributed by atoms with E-state index in [0.717, 1.165) is 45.3 Å². The summed E-state index contributed by atoms with van der Waals surface area (Å²) in [5, 5.41) is 0. The molecule has 0 amide bonds. The maximum absolute atomic E-state index is 11.6. The van der Waals surface area contributed by atoms with E-state index in [-0.39, 0.29) is 12.1 Å². The Balaban J connectivity index is 1.98. The van der Waals surface area contributed by atoms with Gasteiger partial charge in [0.2, 0.25) is 0 Å². The molecule has 0 aliphatic heterocycles. The van der Waals surface area contributed by atoms with Gasteiger partial charge in [-0.25, -0.2) is 0 Å². The fourth-order valence-corrected chi connectivity index (χ4v) is 2.32. The van der Waals surface area contributed by atoms with Crippen LogP contribution in [0.4, 0.5) is 0 Å². The molecule has 0 saturated heterocycles. The molecule has 0 aromatic rings. The molecule has 0 aromatic carbocycles. The minimum Gasteiger partial charge on any atom is -0.462 e. The summed E-state index contributed by atoms with van der Waals surface area (Å²) in [5.41, 5.74) is 0. The van der Waals surface area contributed by atoms with Gasteiger partial charge in [0.1, 0.15) is 6.10 Å². The summed E-state index contributed by atoms with van der Waals surface area (Å²) in [6.45, 7) is 3.70. The molecule has 0 N–H and O–H groups in total. The van der Waals surface area contributed by atoms with Crippen molar-refractivity contribution in [3.05, 3.63) is 0 Å². The second-order valence-corrected chi connectivity index (χ2v) is 5.17. The first-order chi connectivity index (χ1) is 8.83. The highest BCUT2D eigenvalue weighted by Crippen LogP contribution is 2.20. The zero-order valence-electron chi connectivity index (χ0n) is 11.8. The normalized spacial score (nSPS) is 17.4. The topological polar surface area (TPSA) is 35.5 Å². The molecule has 1 aliphatic rings. The van der Waals surface area contributed by atoms with E-state index >= 15 is 0 Å². The number of ether oxygens (including phenoxy) is 2. The molecule has 0 unspecified atom stereocenters. The molecule has 1 saturated carbocycles. The Morgan fingerprint density at radius 3 is 2.44 bits per heavy atom. The molecule has 0 bridgehead atoms. The predicted molar refractivity (Wildman–Crippen MR) is 72.5 cm³/mol. The van der Waals surface area contributed by atoms with Gasteiger partial charge in [0.25, 0.3) is 0 Å². The van der Waals surface area contributed by atoms with E-state index in [1.54, 1.807) is 0 Å². The summed E-state index contributed by atoms with van der Waals surface area (Å²) < 4.78 is 10.9. The molecule has 1 aliphatic carbocycles. The molecule has 3 nitrogen and oxygen atoms in total. The molecule has 0 spiro atoms. The number of carbonyl (C=O) groups excluding carboxylic acids is 1. The van der Waals surface area contributed by atoms with Gasteiger partial charge in [0.15, 0.2) is 0 Å². The minimum atomic E-state index is -0.0163. The predicted octanol–water partition coefficient (Wildman–Crippen LogP) is 3.85. The lowest BCUT2D eigenvalue weighted by Gasteiger charge is -2.15. The van der Waals surface area contributed by atoms with Crippen molar-refractivity contribution in [3.8, 4) is 0 Å². The summed E-state index contributed by atoms with van der Waals surface area (Å²) >= 11 is 0. The number of unbranched alkanes of at least 4 members (excludes halogenated alkanes) is 1. The smallest absolute Gasteiger partial charge is 0.306 e. The van der Waals surface area contributed by atoms with Gasteiger partial charge in [-0.15, -0.1) is 0 Å². The monoisotopic (exact) mass is 256 g/mol. The van der Waals surface area contributed by atoms with Crippen LogP contribution in [0.5, 0.6) is 0 Å². The van der Waals surface area contributed by atoms with Gasteiger partial charge < -0.3 is 9.47 Å². The molecular formula is C15H28O3. The molecule has 0 radical (unpaired) electrons. The van der Waals surface area contributed by atoms with Crippen LogP contribution in [0.1, 0.15) is 71.1 Å². The average Bonchev–Trinajstić information content (AvgIpc) is 2.62. The zero-order chi connectivity index (χ0) is 13.1. The number of esters is 1. The van der Waals surface area contributed by atoms with Crippen molar-refractivity contribution in [1.29, 1.82) is 0 Å². The highest BCUT2D eigenvalue weighted by atomic mass is 16.5. The highest BCUT2D eigenvalue weighted by molar-refractivity contribution is 5.69. The Hall–Kier alpha value is -0.570. The Morgan fingerprint density at radius 2 is 1.78 bits per heavy atom. The molecule has 1 fully saturated rings. The van der Waals surface area contributed by atoms with E-state index in [4.69, 9.17) is 9.47 Å². The maximum atomic E-state index is 11.6. The van der Waals surface area contributed by atoms with Crippen molar-refractivity contribution < 1.29 is 14.3 Å². The van der Waals surface area contributed by atoms with Crippen LogP contribution in [0.2, 0.25) is 0 Å². The zero-order valence-corrected chi connectivity index (χ0v) is 11.8. The lowest BCUT2D eigenvalue weighted by atomic mass is 10.1. The minimum absolute atomic E-state index is 0.0163. The molecule has 0 aromatic heterocycles. The van der Waals surface area contributed by atoms with Gasteiger partial charge in [-0.3, -0.25) is 4.79 Å². The third kappa shape index (κ3) is 7.70. The van der Waals surface area contributed by atoms with Crippen LogP contribution in [0, 0.1) is 0 Å². The average molecular weight is 256 g/mol. The molecule has 3 heteroatoms. The third-order valence-corrected chi connectivity index (χ3v) is 3.37. The lowest BCUT2D eigenvalue weighted by Crippen LogP contribution is -2.17. The fraction of sp³-hybridized carbons (Fsp3) is 0.933. The van der Waals surface area contributed by atoms with Crippen LogP contribution in [-0.2, 0) is 14.3 Å². The van der Waals surface area contributed by atoms with Crippen molar-refractivity contribution in [2.75, 3.05) is 13.2 Å². The molecule has 0 heterocycles. The second-order valence-electron chi connectivity index (χ2n) is 5.17. The number of rotatable bonds is 8. The summed E-state index contributed by atoms with van der Waals surface area (Å²) in [4.78, 5) is 11.6. The van der Waals surface area contributed by atoms with E-state index in [9.17, 15) is 4.79 Å². The van der Waals surface area contributed by atoms with E-state index in [1.807, 2.05) is 0 Å². The van der Waals surface area contributed by atoms with Crippen molar-refractivity contribution in [2.45, 2.75) is 77.2 Å². The Kier molecular flexibility index (Phi) is 8.92. The van der Waals surface area contributed by atoms with Crippen LogP contribution in [-0.4, -0.2) is 25.3 Å². The lowest BCUT2D eigenvalue weighted by molar-refractivity contribution is -0.149. The molecule has 1 rings (SSSR count). The molecular weight excluding hydrogens is 228 g/mol. The molecule has 18 heavy (non-hydrogen) atoms. The first kappa shape index (κ1) is 15.5. The van der Waals surface area contributed by atoms with E-state index in [0.29, 0.717) is 6.42 Å². The molecule has 0 atom stereocenters. The Morgan fingerprint density at radius 1 is 1.06 bits per heavy atom. The van der Waals surface area contributed by atoms with Crippen molar-refractivity contribution in [3.63, 3.8) is 0 Å². The van der Waals surface area contributed by atoms with Crippen LogP contribution in [0.3, 0.4) is 0 Å². The number of carbonyl (C=O) groups is 1. The standard InChI is InChI=1S/C15H28O3/c1-2-12-17-13-8-7-11-15(16)18-14-9-5-3-4-6-10-14/h14H,2-13H2,1H3. The number of hydrogen-bond donors (Lipinski definition) is 0. The van der Waals surface area contributed by atoms with E-state index in [2.05, 4.69) is 6.92 Å². The van der Waals surface area contributed by atoms with Crippen LogP contribution < -0.4 is 0 Å². The SMILES string of the molecule is CCCOCCCCC(=O)OC1CCCCCC1. The quantitative estimate of drug-likeness (QED) is 0.376. The van der Waals surface area contributed by atoms with Crippen LogP contribution >= 0.6 is 0 Å². The Bertz CT molecular complexity index is 208. The molecule has 106 valence electrons. The number of hydrogen-bond acceptors (Lipinski definition) is 3. The van der Waals surface area contributed by atoms with Crippen molar-refractivity contribution in [1.82, 2.24) is 0 Å². The summed E-state index contributed by atoms with van der Waals surface area (Å²) in [7, 11) is 0. The fourth-order valence-electron chi connectivity index (χ4n) is 2.32. The van der Waals surface area contributed by atoms with Gasteiger partial charge in [-0.05, 0) is 44.9 Å². The van der Waals surface area contributed by atoms with Gasteiger partial charge in [0, 0.05) is 19.6 Å². The third-order valence-electron chi connectivity index (χ3n) is 3.37. The Labute approximate surface area is 111 Å². The summed E-state index contributed by atoms with van der Waals surface area (Å²) in [5.74, 6) is -0.0163. The van der Waals surface area contributed by atoms with Gasteiger partial charge >= 0.3 is 5.97 Å². The highest BCUT2D eigenvalue weighted by Gasteiger charge is 2.16. The van der Waals surface area contributed by atoms with E-state index in [1.165, 1.54) is 25.7 Å². The summed E-state index contributed by atoms with van der Waals surface area (Å²) in [6.07, 6.45) is 10.8. The van der Waals surface area contributed by atoms with Gasteiger partial charge in [-0.2, -0.15) is 0 Å². The second kappa shape index (κ2) is 10.4. The summed E-state index contributed by atoms with van der Waals surface area (Å²) in [6, 6.07) is 0. The van der Waals surface area contributed by atoms with Crippen molar-refractivity contribution >= 4 is 5.97 Å². The van der Waals surface area contributed by atoms with Crippen LogP contribution in [0.25, 0.3) is 0 Å². The van der Waals surface area contributed by atoms with Gasteiger partial charge in [-0.1, -0.05) is 19.8 Å². The first-order valence-corrected chi connectivity index (χ1v) is 7.60. The first-order valence-electron chi connectivity index (χ1n) is 7.60. The van der Waals surface area contributed by atoms with Gasteiger partial charge in [0.05, 0.1) is 0 Å². The van der Waals surface area contributed by atoms with Crippen molar-refractivity contribution in [2.24, 2.45) is 0 Å². The van der Waals surface area contributed by atoms with E-state index < -0.39 is 0 Å². The largest absolute Gasteiger partial charge is 0.462 e. The van der Waals surface area contributed by atoms with Crippen LogP contribution in [0.15, 0.2) is 0 Å².